The first kappa shape index (κ1) is 17.1. The average molecular weight is 339 g/mol. The summed E-state index contributed by atoms with van der Waals surface area (Å²) in [6.07, 6.45) is 1.95. The summed E-state index contributed by atoms with van der Waals surface area (Å²) >= 11 is 1.40. The largest absolute Gasteiger partial charge is 0.383 e. The van der Waals surface area contributed by atoms with Gasteiger partial charge in [-0.15, -0.1) is 11.3 Å². The van der Waals surface area contributed by atoms with Crippen molar-refractivity contribution >= 4 is 21.4 Å². The number of benzene rings is 1. The van der Waals surface area contributed by atoms with E-state index in [1.807, 2.05) is 23.6 Å². The number of hydrogen-bond acceptors (Lipinski definition) is 4. The number of rotatable bonds is 7. The van der Waals surface area contributed by atoms with Gasteiger partial charge in [0, 0.05) is 11.4 Å². The molecule has 1 heterocycles. The maximum absolute atomic E-state index is 12.3. The molecular weight excluding hydrogens is 318 g/mol. The van der Waals surface area contributed by atoms with Crippen LogP contribution in [0.25, 0.3) is 0 Å². The third kappa shape index (κ3) is 4.16. The first-order valence-corrected chi connectivity index (χ1v) is 9.56. The zero-order valence-electron chi connectivity index (χ0n) is 12.7. The minimum atomic E-state index is -3.62. The van der Waals surface area contributed by atoms with Crippen LogP contribution in [0.5, 0.6) is 0 Å². The molecule has 0 bridgehead atoms. The molecule has 1 aromatic heterocycles. The lowest BCUT2D eigenvalue weighted by Crippen LogP contribution is -2.38. The van der Waals surface area contributed by atoms with E-state index in [9.17, 15) is 13.5 Å². The summed E-state index contributed by atoms with van der Waals surface area (Å²) in [7, 11) is -3.62. The predicted octanol–water partition coefficient (Wildman–Crippen LogP) is 2.89. The molecule has 0 saturated heterocycles. The number of hydrogen-bond donors (Lipinski definition) is 2. The fourth-order valence-corrected chi connectivity index (χ4v) is 4.03. The van der Waals surface area contributed by atoms with Crippen molar-refractivity contribution in [3.05, 3.63) is 52.2 Å². The highest BCUT2D eigenvalue weighted by Crippen LogP contribution is 2.25. The molecule has 2 rings (SSSR count). The van der Waals surface area contributed by atoms with Crippen molar-refractivity contribution in [2.45, 2.75) is 37.2 Å². The standard InChI is InChI=1S/C16H21NO3S2/c1-3-5-13-7-9-14(10-8-13)22(19,20)17-12-16(2,18)15-6-4-11-21-15/h4,6-11,17-18H,3,5,12H2,1-2H3. The molecule has 120 valence electrons. The lowest BCUT2D eigenvalue weighted by Gasteiger charge is -2.22. The Morgan fingerprint density at radius 3 is 2.45 bits per heavy atom. The number of aryl methyl sites for hydroxylation is 1. The normalized spacial score (nSPS) is 14.7. The second kappa shape index (κ2) is 6.91. The highest BCUT2D eigenvalue weighted by Gasteiger charge is 2.27. The van der Waals surface area contributed by atoms with Crippen molar-refractivity contribution in [2.24, 2.45) is 0 Å². The number of nitrogens with one attached hydrogen (secondary N) is 1. The van der Waals surface area contributed by atoms with Crippen molar-refractivity contribution in [3.8, 4) is 0 Å². The Labute approximate surface area is 135 Å². The van der Waals surface area contributed by atoms with Gasteiger partial charge in [0.15, 0.2) is 0 Å². The van der Waals surface area contributed by atoms with E-state index in [4.69, 9.17) is 0 Å². The van der Waals surface area contributed by atoms with E-state index in [-0.39, 0.29) is 11.4 Å². The molecule has 4 nitrogen and oxygen atoms in total. The highest BCUT2D eigenvalue weighted by molar-refractivity contribution is 7.89. The molecule has 22 heavy (non-hydrogen) atoms. The van der Waals surface area contributed by atoms with E-state index in [2.05, 4.69) is 11.6 Å². The van der Waals surface area contributed by atoms with Crippen LogP contribution in [-0.4, -0.2) is 20.1 Å². The Bertz CT molecular complexity index is 690. The molecule has 0 aliphatic carbocycles. The molecular formula is C16H21NO3S2. The molecule has 6 heteroatoms. The van der Waals surface area contributed by atoms with E-state index in [0.29, 0.717) is 0 Å². The number of sulfonamides is 1. The first-order chi connectivity index (χ1) is 10.3. The van der Waals surface area contributed by atoms with Crippen LogP contribution < -0.4 is 4.72 Å². The van der Waals surface area contributed by atoms with Crippen LogP contribution >= 0.6 is 11.3 Å². The Hall–Kier alpha value is -1.21. The fourth-order valence-electron chi connectivity index (χ4n) is 2.11. The molecule has 2 aromatic rings. The van der Waals surface area contributed by atoms with E-state index in [1.54, 1.807) is 25.1 Å². The van der Waals surface area contributed by atoms with Crippen molar-refractivity contribution in [1.82, 2.24) is 4.72 Å². The third-order valence-electron chi connectivity index (χ3n) is 3.43. The molecule has 0 spiro atoms. The van der Waals surface area contributed by atoms with Gasteiger partial charge in [-0.2, -0.15) is 0 Å². The van der Waals surface area contributed by atoms with Crippen LogP contribution in [0, 0.1) is 0 Å². The van der Waals surface area contributed by atoms with E-state index in [0.717, 1.165) is 23.3 Å². The van der Waals surface area contributed by atoms with Gasteiger partial charge < -0.3 is 5.11 Å². The number of aliphatic hydroxyl groups is 1. The fraction of sp³-hybridized carbons (Fsp3) is 0.375. The van der Waals surface area contributed by atoms with Crippen molar-refractivity contribution in [3.63, 3.8) is 0 Å². The molecule has 0 radical (unpaired) electrons. The lowest BCUT2D eigenvalue weighted by atomic mass is 10.1. The Balaban J connectivity index is 2.08. The van der Waals surface area contributed by atoms with Gasteiger partial charge in [-0.25, -0.2) is 13.1 Å². The van der Waals surface area contributed by atoms with E-state index in [1.165, 1.54) is 11.3 Å². The van der Waals surface area contributed by atoms with Gasteiger partial charge in [0.2, 0.25) is 10.0 Å². The van der Waals surface area contributed by atoms with Gasteiger partial charge in [0.1, 0.15) is 5.60 Å². The molecule has 0 amide bonds. The van der Waals surface area contributed by atoms with Crippen molar-refractivity contribution in [2.75, 3.05) is 6.54 Å². The van der Waals surface area contributed by atoms with E-state index < -0.39 is 15.6 Å². The van der Waals surface area contributed by atoms with Gasteiger partial charge >= 0.3 is 0 Å². The molecule has 0 saturated carbocycles. The quantitative estimate of drug-likeness (QED) is 0.815. The Kier molecular flexibility index (Phi) is 5.39. The molecule has 1 aromatic carbocycles. The lowest BCUT2D eigenvalue weighted by molar-refractivity contribution is 0.0666. The third-order valence-corrected chi connectivity index (χ3v) is 5.97. The smallest absolute Gasteiger partial charge is 0.240 e. The first-order valence-electron chi connectivity index (χ1n) is 7.20. The summed E-state index contributed by atoms with van der Waals surface area (Å²) < 4.78 is 27.1. The van der Waals surface area contributed by atoms with Crippen LogP contribution in [0.15, 0.2) is 46.7 Å². The molecule has 1 atom stereocenters. The molecule has 0 fully saturated rings. The summed E-state index contributed by atoms with van der Waals surface area (Å²) in [6, 6.07) is 10.5. The maximum Gasteiger partial charge on any atom is 0.240 e. The van der Waals surface area contributed by atoms with Crippen LogP contribution in [0.1, 0.15) is 30.7 Å². The Morgan fingerprint density at radius 2 is 1.91 bits per heavy atom. The second-order valence-corrected chi connectivity index (χ2v) is 8.18. The van der Waals surface area contributed by atoms with Gasteiger partial charge in [0.05, 0.1) is 4.90 Å². The predicted molar refractivity (Wildman–Crippen MR) is 89.5 cm³/mol. The summed E-state index contributed by atoms with van der Waals surface area (Å²) in [5, 5.41) is 12.2. The molecule has 1 unspecified atom stereocenters. The summed E-state index contributed by atoms with van der Waals surface area (Å²) in [5.74, 6) is 0. The molecule has 0 aliphatic rings. The second-order valence-electron chi connectivity index (χ2n) is 5.47. The van der Waals surface area contributed by atoms with E-state index >= 15 is 0 Å². The average Bonchev–Trinajstić information content (AvgIpc) is 3.02. The minimum Gasteiger partial charge on any atom is -0.383 e. The van der Waals surface area contributed by atoms with Crippen molar-refractivity contribution < 1.29 is 13.5 Å². The van der Waals surface area contributed by atoms with Crippen molar-refractivity contribution in [1.29, 1.82) is 0 Å². The molecule has 0 aliphatic heterocycles. The van der Waals surface area contributed by atoms with Gasteiger partial charge in [-0.3, -0.25) is 0 Å². The zero-order valence-corrected chi connectivity index (χ0v) is 14.4. The minimum absolute atomic E-state index is 0.0629. The summed E-state index contributed by atoms with van der Waals surface area (Å²) in [5.41, 5.74) is -0.101. The molecule has 2 N–H and O–H groups in total. The van der Waals surface area contributed by atoms with Gasteiger partial charge in [-0.1, -0.05) is 31.5 Å². The van der Waals surface area contributed by atoms with Crippen LogP contribution in [0.2, 0.25) is 0 Å². The van der Waals surface area contributed by atoms with Crippen LogP contribution in [0.3, 0.4) is 0 Å². The van der Waals surface area contributed by atoms with Crippen LogP contribution in [-0.2, 0) is 22.0 Å². The maximum atomic E-state index is 12.3. The Morgan fingerprint density at radius 1 is 1.23 bits per heavy atom. The van der Waals surface area contributed by atoms with Gasteiger partial charge in [-0.05, 0) is 42.5 Å². The summed E-state index contributed by atoms with van der Waals surface area (Å²) in [6.45, 7) is 3.62. The topological polar surface area (TPSA) is 66.4 Å². The number of thiophene rings is 1. The zero-order chi connectivity index (χ0) is 16.2. The van der Waals surface area contributed by atoms with Gasteiger partial charge in [0.25, 0.3) is 0 Å². The highest BCUT2D eigenvalue weighted by atomic mass is 32.2. The summed E-state index contributed by atoms with van der Waals surface area (Å²) in [4.78, 5) is 0.947. The van der Waals surface area contributed by atoms with Crippen LogP contribution in [0.4, 0.5) is 0 Å². The SMILES string of the molecule is CCCc1ccc(S(=O)(=O)NCC(C)(O)c2cccs2)cc1. The monoisotopic (exact) mass is 339 g/mol.